The van der Waals surface area contributed by atoms with Crippen LogP contribution < -0.4 is 0 Å². The van der Waals surface area contributed by atoms with Gasteiger partial charge in [0.2, 0.25) is 0 Å². The minimum absolute atomic E-state index is 0.0539. The molecule has 0 spiro atoms. The average molecular weight is 297 g/mol. The first-order valence-electron chi connectivity index (χ1n) is 4.23. The first-order valence-corrected chi connectivity index (χ1v) is 5.31. The molecule has 2 nitrogen and oxygen atoms in total. The number of ketones is 1. The molecular weight excluding hydrogens is 289 g/mol. The highest BCUT2D eigenvalue weighted by Crippen LogP contribution is 2.16. The lowest BCUT2D eigenvalue weighted by atomic mass is 10.1. The minimum Gasteiger partial charge on any atom is -0.294 e. The van der Waals surface area contributed by atoms with E-state index in [4.69, 9.17) is 0 Å². The Balaban J connectivity index is 2.69. The number of Topliss-reactive ketones (excluding diaryl/α,β-unsaturated/α-hetero) is 1. The third-order valence-electron chi connectivity index (χ3n) is 2.05. The number of nitrogens with zero attached hydrogens (tertiary/aromatic N) is 1. The van der Waals surface area contributed by atoms with E-state index in [0.29, 0.717) is 5.56 Å². The van der Waals surface area contributed by atoms with Gasteiger partial charge in [0.15, 0.2) is 5.78 Å². The van der Waals surface area contributed by atoms with Crippen LogP contribution in [0.2, 0.25) is 0 Å². The second-order valence-electron chi connectivity index (χ2n) is 3.12. The van der Waals surface area contributed by atoms with Gasteiger partial charge in [-0.3, -0.25) is 9.78 Å². The molecule has 1 aromatic heterocycles. The number of carbonyl (C=O) groups is 1. The van der Waals surface area contributed by atoms with E-state index in [1.807, 2.05) is 24.3 Å². The van der Waals surface area contributed by atoms with Crippen LogP contribution >= 0.6 is 22.6 Å². The van der Waals surface area contributed by atoms with Crippen LogP contribution in [-0.2, 0) is 0 Å². The van der Waals surface area contributed by atoms with Crippen molar-refractivity contribution in [2.75, 3.05) is 0 Å². The molecule has 0 atom stereocenters. The minimum atomic E-state index is 0.0539. The zero-order chi connectivity index (χ0) is 10.1. The van der Waals surface area contributed by atoms with E-state index in [1.54, 1.807) is 13.1 Å². The summed E-state index contributed by atoms with van der Waals surface area (Å²) in [5, 5.41) is 1.02. The molecule has 1 aromatic carbocycles. The number of hydrogen-bond acceptors (Lipinski definition) is 2. The van der Waals surface area contributed by atoms with Crippen LogP contribution in [0.15, 0.2) is 30.5 Å². The Morgan fingerprint density at radius 3 is 2.86 bits per heavy atom. The zero-order valence-electron chi connectivity index (χ0n) is 7.62. The molecule has 3 heteroatoms. The molecule has 0 radical (unpaired) electrons. The van der Waals surface area contributed by atoms with Gasteiger partial charge < -0.3 is 0 Å². The molecule has 0 fully saturated rings. The van der Waals surface area contributed by atoms with Crippen LogP contribution in [-0.4, -0.2) is 10.8 Å². The maximum atomic E-state index is 11.1. The lowest BCUT2D eigenvalue weighted by Gasteiger charge is -1.99. The molecule has 0 aliphatic rings. The number of halogens is 1. The number of benzene rings is 1. The standard InChI is InChI=1S/C11H8INO/c1-7(14)9-4-8-5-10(12)2-3-11(8)13-6-9/h2-6H,1H3. The van der Waals surface area contributed by atoms with Crippen LogP contribution in [0.5, 0.6) is 0 Å². The van der Waals surface area contributed by atoms with E-state index in [0.717, 1.165) is 14.5 Å². The van der Waals surface area contributed by atoms with Gasteiger partial charge >= 0.3 is 0 Å². The monoisotopic (exact) mass is 297 g/mol. The smallest absolute Gasteiger partial charge is 0.161 e. The lowest BCUT2D eigenvalue weighted by Crippen LogP contribution is -1.93. The predicted molar refractivity (Wildman–Crippen MR) is 64.5 cm³/mol. The molecule has 0 amide bonds. The molecule has 0 bridgehead atoms. The maximum Gasteiger partial charge on any atom is 0.161 e. The molecule has 0 unspecified atom stereocenters. The third kappa shape index (κ3) is 1.77. The van der Waals surface area contributed by atoms with Crippen LogP contribution in [0, 0.1) is 3.57 Å². The van der Waals surface area contributed by atoms with Gasteiger partial charge in [-0.2, -0.15) is 0 Å². The summed E-state index contributed by atoms with van der Waals surface area (Å²) in [5.74, 6) is 0.0539. The Morgan fingerprint density at radius 1 is 1.36 bits per heavy atom. The second kappa shape index (κ2) is 3.65. The first-order chi connectivity index (χ1) is 6.66. The normalized spacial score (nSPS) is 10.4. The van der Waals surface area contributed by atoms with Crippen molar-refractivity contribution < 1.29 is 4.79 Å². The van der Waals surface area contributed by atoms with E-state index in [9.17, 15) is 4.79 Å². The highest BCUT2D eigenvalue weighted by atomic mass is 127. The molecule has 0 saturated carbocycles. The number of aromatic nitrogens is 1. The molecular formula is C11H8INO. The SMILES string of the molecule is CC(=O)c1cnc2ccc(I)cc2c1. The highest BCUT2D eigenvalue weighted by Gasteiger charge is 2.01. The van der Waals surface area contributed by atoms with E-state index in [-0.39, 0.29) is 5.78 Å². The molecule has 2 aromatic rings. The van der Waals surface area contributed by atoms with Crippen molar-refractivity contribution in [2.24, 2.45) is 0 Å². The molecule has 0 saturated heterocycles. The molecule has 1 heterocycles. The fourth-order valence-electron chi connectivity index (χ4n) is 1.29. The Bertz CT molecular complexity index is 508. The van der Waals surface area contributed by atoms with Gasteiger partial charge in [0.25, 0.3) is 0 Å². The lowest BCUT2D eigenvalue weighted by molar-refractivity contribution is 0.101. The topological polar surface area (TPSA) is 30.0 Å². The van der Waals surface area contributed by atoms with Crippen molar-refractivity contribution in [3.63, 3.8) is 0 Å². The molecule has 0 aliphatic heterocycles. The summed E-state index contributed by atoms with van der Waals surface area (Å²) < 4.78 is 1.15. The zero-order valence-corrected chi connectivity index (χ0v) is 9.78. The number of hydrogen-bond donors (Lipinski definition) is 0. The van der Waals surface area contributed by atoms with Gasteiger partial charge in [0.05, 0.1) is 5.52 Å². The van der Waals surface area contributed by atoms with Gasteiger partial charge in [-0.1, -0.05) is 0 Å². The number of fused-ring (bicyclic) bond motifs is 1. The summed E-state index contributed by atoms with van der Waals surface area (Å²) in [4.78, 5) is 15.4. The van der Waals surface area contributed by atoms with Crippen LogP contribution in [0.3, 0.4) is 0 Å². The highest BCUT2D eigenvalue weighted by molar-refractivity contribution is 14.1. The van der Waals surface area contributed by atoms with Crippen molar-refractivity contribution in [2.45, 2.75) is 6.92 Å². The van der Waals surface area contributed by atoms with E-state index >= 15 is 0 Å². The van der Waals surface area contributed by atoms with E-state index in [1.165, 1.54) is 0 Å². The molecule has 0 N–H and O–H groups in total. The van der Waals surface area contributed by atoms with Crippen LogP contribution in [0.25, 0.3) is 10.9 Å². The van der Waals surface area contributed by atoms with Gasteiger partial charge in [0.1, 0.15) is 0 Å². The van der Waals surface area contributed by atoms with E-state index in [2.05, 4.69) is 27.6 Å². The maximum absolute atomic E-state index is 11.1. The van der Waals surface area contributed by atoms with Gasteiger partial charge in [-0.25, -0.2) is 0 Å². The van der Waals surface area contributed by atoms with E-state index < -0.39 is 0 Å². The van der Waals surface area contributed by atoms with Crippen molar-refractivity contribution in [1.29, 1.82) is 0 Å². The third-order valence-corrected chi connectivity index (χ3v) is 2.72. The summed E-state index contributed by atoms with van der Waals surface area (Å²) in [6.45, 7) is 1.55. The van der Waals surface area contributed by atoms with Crippen molar-refractivity contribution >= 4 is 39.3 Å². The van der Waals surface area contributed by atoms with Crippen molar-refractivity contribution in [3.8, 4) is 0 Å². The first kappa shape index (κ1) is 9.58. The summed E-state index contributed by atoms with van der Waals surface area (Å²) >= 11 is 2.24. The second-order valence-corrected chi connectivity index (χ2v) is 4.36. The predicted octanol–water partition coefficient (Wildman–Crippen LogP) is 3.04. The molecule has 70 valence electrons. The largest absolute Gasteiger partial charge is 0.294 e. The Hall–Kier alpha value is -0.970. The number of carbonyl (C=O) groups excluding carboxylic acids is 1. The summed E-state index contributed by atoms with van der Waals surface area (Å²) in [6.07, 6.45) is 1.62. The molecule has 0 aliphatic carbocycles. The quantitative estimate of drug-likeness (QED) is 0.598. The van der Waals surface area contributed by atoms with Gasteiger partial charge in [0, 0.05) is 20.7 Å². The van der Waals surface area contributed by atoms with Crippen molar-refractivity contribution in [3.05, 3.63) is 39.6 Å². The molecule has 14 heavy (non-hydrogen) atoms. The molecule has 2 rings (SSSR count). The Morgan fingerprint density at radius 2 is 2.14 bits per heavy atom. The van der Waals surface area contributed by atoms with Crippen molar-refractivity contribution in [1.82, 2.24) is 4.98 Å². The Labute approximate surface area is 95.5 Å². The summed E-state index contributed by atoms with van der Waals surface area (Å²) in [5.41, 5.74) is 1.59. The summed E-state index contributed by atoms with van der Waals surface area (Å²) in [6, 6.07) is 7.87. The van der Waals surface area contributed by atoms with Crippen LogP contribution in [0.4, 0.5) is 0 Å². The van der Waals surface area contributed by atoms with Gasteiger partial charge in [-0.15, -0.1) is 0 Å². The fraction of sp³-hybridized carbons (Fsp3) is 0.0909. The van der Waals surface area contributed by atoms with Gasteiger partial charge in [-0.05, 0) is 53.8 Å². The number of rotatable bonds is 1. The number of pyridine rings is 1. The fourth-order valence-corrected chi connectivity index (χ4v) is 1.81. The average Bonchev–Trinajstić information content (AvgIpc) is 2.16. The van der Waals surface area contributed by atoms with Crippen LogP contribution in [0.1, 0.15) is 17.3 Å². The Kier molecular flexibility index (Phi) is 2.50. The summed E-state index contributed by atoms with van der Waals surface area (Å²) in [7, 11) is 0.